The van der Waals surface area contributed by atoms with Gasteiger partial charge < -0.3 is 0 Å². The highest BCUT2D eigenvalue weighted by Gasteiger charge is 2.07. The van der Waals surface area contributed by atoms with Gasteiger partial charge in [0.2, 0.25) is 0 Å². The van der Waals surface area contributed by atoms with E-state index in [-0.39, 0.29) is 0 Å². The molecule has 0 atom stereocenters. The van der Waals surface area contributed by atoms with Crippen LogP contribution in [-0.4, -0.2) is 19.7 Å². The minimum atomic E-state index is 0.700. The molecule has 0 N–H and O–H groups in total. The SMILES string of the molecule is Cc1nc(Cc2ccc(-c3ccccc3C)cn2)n(C)n1. The van der Waals surface area contributed by atoms with Gasteiger partial charge in [-0.15, -0.1) is 0 Å². The molecule has 0 aliphatic rings. The van der Waals surface area contributed by atoms with Gasteiger partial charge in [-0.05, 0) is 31.0 Å². The van der Waals surface area contributed by atoms with Crippen molar-refractivity contribution in [1.82, 2.24) is 19.7 Å². The van der Waals surface area contributed by atoms with Gasteiger partial charge in [-0.2, -0.15) is 5.10 Å². The van der Waals surface area contributed by atoms with E-state index in [0.717, 1.165) is 22.9 Å². The molecule has 106 valence electrons. The molecule has 21 heavy (non-hydrogen) atoms. The van der Waals surface area contributed by atoms with Gasteiger partial charge in [0.1, 0.15) is 11.6 Å². The van der Waals surface area contributed by atoms with Crippen LogP contribution in [0.15, 0.2) is 42.6 Å². The van der Waals surface area contributed by atoms with Gasteiger partial charge in [-0.3, -0.25) is 9.67 Å². The third kappa shape index (κ3) is 2.84. The highest BCUT2D eigenvalue weighted by atomic mass is 15.3. The van der Waals surface area contributed by atoms with E-state index < -0.39 is 0 Å². The minimum Gasteiger partial charge on any atom is -0.260 e. The molecule has 0 aliphatic heterocycles. The van der Waals surface area contributed by atoms with E-state index in [4.69, 9.17) is 0 Å². The van der Waals surface area contributed by atoms with Crippen molar-refractivity contribution >= 4 is 0 Å². The highest BCUT2D eigenvalue weighted by Crippen LogP contribution is 2.22. The second-order valence-corrected chi connectivity index (χ2v) is 5.23. The zero-order valence-corrected chi connectivity index (χ0v) is 12.5. The number of hydrogen-bond acceptors (Lipinski definition) is 3. The van der Waals surface area contributed by atoms with Crippen LogP contribution < -0.4 is 0 Å². The van der Waals surface area contributed by atoms with E-state index in [0.29, 0.717) is 6.42 Å². The number of hydrogen-bond donors (Lipinski definition) is 0. The molecule has 4 heteroatoms. The molecule has 0 radical (unpaired) electrons. The Hall–Kier alpha value is -2.49. The van der Waals surface area contributed by atoms with Crippen molar-refractivity contribution in [2.75, 3.05) is 0 Å². The van der Waals surface area contributed by atoms with Crippen LogP contribution >= 0.6 is 0 Å². The second kappa shape index (κ2) is 5.48. The molecule has 2 heterocycles. The number of aryl methyl sites for hydroxylation is 3. The van der Waals surface area contributed by atoms with Crippen LogP contribution in [0.3, 0.4) is 0 Å². The number of aromatic nitrogens is 4. The number of nitrogens with zero attached hydrogens (tertiary/aromatic N) is 4. The summed E-state index contributed by atoms with van der Waals surface area (Å²) in [7, 11) is 1.91. The molecule has 2 aromatic heterocycles. The summed E-state index contributed by atoms with van der Waals surface area (Å²) in [5, 5.41) is 4.26. The smallest absolute Gasteiger partial charge is 0.147 e. The lowest BCUT2D eigenvalue weighted by molar-refractivity contribution is 0.708. The largest absolute Gasteiger partial charge is 0.260 e. The van der Waals surface area contributed by atoms with Crippen molar-refractivity contribution in [2.24, 2.45) is 7.05 Å². The van der Waals surface area contributed by atoms with Crippen LogP contribution in [0.25, 0.3) is 11.1 Å². The van der Waals surface area contributed by atoms with E-state index in [9.17, 15) is 0 Å². The van der Waals surface area contributed by atoms with Crippen LogP contribution in [-0.2, 0) is 13.5 Å². The topological polar surface area (TPSA) is 43.6 Å². The molecule has 0 fully saturated rings. The zero-order chi connectivity index (χ0) is 14.8. The zero-order valence-electron chi connectivity index (χ0n) is 12.5. The van der Waals surface area contributed by atoms with Crippen LogP contribution in [0.4, 0.5) is 0 Å². The van der Waals surface area contributed by atoms with Gasteiger partial charge in [0.15, 0.2) is 0 Å². The van der Waals surface area contributed by atoms with E-state index in [2.05, 4.69) is 58.4 Å². The fourth-order valence-corrected chi connectivity index (χ4v) is 2.46. The molecule has 0 saturated heterocycles. The Labute approximate surface area is 124 Å². The first-order valence-electron chi connectivity index (χ1n) is 7.01. The van der Waals surface area contributed by atoms with Gasteiger partial charge >= 0.3 is 0 Å². The summed E-state index contributed by atoms with van der Waals surface area (Å²) in [5.41, 5.74) is 4.64. The molecule has 3 aromatic rings. The van der Waals surface area contributed by atoms with Crippen molar-refractivity contribution in [2.45, 2.75) is 20.3 Å². The van der Waals surface area contributed by atoms with Gasteiger partial charge in [0, 0.05) is 30.9 Å². The fraction of sp³-hybridized carbons (Fsp3) is 0.235. The molecule has 0 unspecified atom stereocenters. The molecular weight excluding hydrogens is 260 g/mol. The normalized spacial score (nSPS) is 10.8. The lowest BCUT2D eigenvalue weighted by atomic mass is 10.0. The van der Waals surface area contributed by atoms with Crippen molar-refractivity contribution < 1.29 is 0 Å². The Morgan fingerprint density at radius 1 is 1.05 bits per heavy atom. The van der Waals surface area contributed by atoms with Crippen LogP contribution in [0.1, 0.15) is 22.9 Å². The first kappa shape index (κ1) is 13.5. The molecule has 0 bridgehead atoms. The average Bonchev–Trinajstić information content (AvgIpc) is 2.78. The van der Waals surface area contributed by atoms with Crippen LogP contribution in [0.2, 0.25) is 0 Å². The van der Waals surface area contributed by atoms with E-state index in [1.807, 2.05) is 24.9 Å². The molecule has 3 rings (SSSR count). The summed E-state index contributed by atoms with van der Waals surface area (Å²) in [4.78, 5) is 8.97. The molecule has 4 nitrogen and oxygen atoms in total. The number of pyridine rings is 1. The second-order valence-electron chi connectivity index (χ2n) is 5.23. The Kier molecular flexibility index (Phi) is 3.52. The number of rotatable bonds is 3. The Balaban J connectivity index is 1.85. The van der Waals surface area contributed by atoms with E-state index in [1.54, 1.807) is 0 Å². The Morgan fingerprint density at radius 3 is 2.48 bits per heavy atom. The summed E-state index contributed by atoms with van der Waals surface area (Å²) in [6.07, 6.45) is 2.63. The van der Waals surface area contributed by atoms with Crippen molar-refractivity contribution in [3.63, 3.8) is 0 Å². The summed E-state index contributed by atoms with van der Waals surface area (Å²) in [5.74, 6) is 1.73. The predicted octanol–water partition coefficient (Wildman–Crippen LogP) is 3.08. The Bertz CT molecular complexity index is 757. The van der Waals surface area contributed by atoms with Crippen molar-refractivity contribution in [3.8, 4) is 11.1 Å². The summed E-state index contributed by atoms with van der Waals surface area (Å²) >= 11 is 0. The fourth-order valence-electron chi connectivity index (χ4n) is 2.46. The van der Waals surface area contributed by atoms with Crippen LogP contribution in [0, 0.1) is 13.8 Å². The van der Waals surface area contributed by atoms with Crippen LogP contribution in [0.5, 0.6) is 0 Å². The summed E-state index contributed by atoms with van der Waals surface area (Å²) < 4.78 is 1.81. The minimum absolute atomic E-state index is 0.700. The van der Waals surface area contributed by atoms with Gasteiger partial charge in [-0.25, -0.2) is 4.98 Å². The molecule has 0 saturated carbocycles. The molecule has 0 spiro atoms. The quantitative estimate of drug-likeness (QED) is 0.739. The number of benzene rings is 1. The maximum atomic E-state index is 4.56. The third-order valence-corrected chi connectivity index (χ3v) is 3.58. The van der Waals surface area contributed by atoms with Gasteiger partial charge in [0.05, 0.1) is 0 Å². The Morgan fingerprint density at radius 2 is 1.86 bits per heavy atom. The first-order valence-corrected chi connectivity index (χ1v) is 7.01. The van der Waals surface area contributed by atoms with Gasteiger partial charge in [-0.1, -0.05) is 30.3 Å². The van der Waals surface area contributed by atoms with E-state index in [1.165, 1.54) is 11.1 Å². The lowest BCUT2D eigenvalue weighted by Crippen LogP contribution is -2.02. The molecule has 0 aliphatic carbocycles. The van der Waals surface area contributed by atoms with Crippen molar-refractivity contribution in [1.29, 1.82) is 0 Å². The third-order valence-electron chi connectivity index (χ3n) is 3.58. The molecule has 1 aromatic carbocycles. The highest BCUT2D eigenvalue weighted by molar-refractivity contribution is 5.66. The predicted molar refractivity (Wildman–Crippen MR) is 83.0 cm³/mol. The standard InChI is InChI=1S/C17H18N4/c1-12-6-4-5-7-16(12)14-8-9-15(18-11-14)10-17-19-13(2)20-21(17)3/h4-9,11H,10H2,1-3H3. The molecule has 0 amide bonds. The first-order chi connectivity index (χ1) is 10.1. The summed E-state index contributed by atoms with van der Waals surface area (Å²) in [6, 6.07) is 12.5. The maximum absolute atomic E-state index is 4.56. The van der Waals surface area contributed by atoms with Crippen molar-refractivity contribution in [3.05, 3.63) is 65.5 Å². The summed E-state index contributed by atoms with van der Waals surface area (Å²) in [6.45, 7) is 4.02. The average molecular weight is 278 g/mol. The van der Waals surface area contributed by atoms with E-state index >= 15 is 0 Å². The van der Waals surface area contributed by atoms with Gasteiger partial charge in [0.25, 0.3) is 0 Å². The molecular formula is C17H18N4. The maximum Gasteiger partial charge on any atom is 0.147 e. The monoisotopic (exact) mass is 278 g/mol. The lowest BCUT2D eigenvalue weighted by Gasteiger charge is -2.06.